The molecule has 0 radical (unpaired) electrons. The molecule has 9 heteroatoms. The first-order chi connectivity index (χ1) is 35.3. The zero-order chi connectivity index (χ0) is 63.3. The minimum Gasteiger partial charge on any atom is -0.385 e. The number of Topliss-reactive ketones (excluding diaryl/α,β-unsaturated/α-hetero) is 2. The van der Waals surface area contributed by atoms with Crippen molar-refractivity contribution >= 4 is 17.3 Å². The average Bonchev–Trinajstić information content (AvgIpc) is 3.48. The molecule has 0 bridgehead atoms. The number of rotatable bonds is 0. The van der Waals surface area contributed by atoms with E-state index >= 15 is 0 Å². The molecular weight excluding hydrogens is 997 g/mol. The Morgan fingerprint density at radius 2 is 0.864 bits per heavy atom. The van der Waals surface area contributed by atoms with E-state index < -0.39 is 0 Å². The van der Waals surface area contributed by atoms with Gasteiger partial charge in [-0.1, -0.05) is 221 Å². The van der Waals surface area contributed by atoms with Crippen molar-refractivity contribution in [1.29, 1.82) is 0 Å². The summed E-state index contributed by atoms with van der Waals surface area (Å²) in [5.41, 5.74) is 14.5. The predicted molar refractivity (Wildman–Crippen MR) is 355 cm³/mol. The van der Waals surface area contributed by atoms with Gasteiger partial charge in [-0.05, 0) is 105 Å². The molecule has 1 aromatic heterocycles. The Bertz CT molecular complexity index is 2530. The van der Waals surface area contributed by atoms with E-state index in [1.54, 1.807) is 11.1 Å². The minimum absolute atomic E-state index is 0. The number of aliphatic imine (C=N–C) groups is 1. The van der Waals surface area contributed by atoms with Gasteiger partial charge in [-0.15, -0.1) is 0 Å². The molecule has 466 valence electrons. The molecule has 1 aromatic rings. The number of aromatic amines is 1. The van der Waals surface area contributed by atoms with Crippen LogP contribution in [0.25, 0.3) is 0 Å². The molecule has 0 aliphatic carbocycles. The van der Waals surface area contributed by atoms with Crippen molar-refractivity contribution in [1.82, 2.24) is 25.9 Å². The summed E-state index contributed by atoms with van der Waals surface area (Å²) in [4.78, 5) is 48.8. The van der Waals surface area contributed by atoms with Crippen molar-refractivity contribution < 1.29 is 9.59 Å². The Hall–Kier alpha value is -4.01. The fourth-order valence-corrected chi connectivity index (χ4v) is 10.7. The first-order valence-corrected chi connectivity index (χ1v) is 30.5. The van der Waals surface area contributed by atoms with E-state index in [9.17, 15) is 14.4 Å². The summed E-state index contributed by atoms with van der Waals surface area (Å²) in [5.74, 6) is 1.27. The molecule has 0 spiro atoms. The molecule has 0 saturated carbocycles. The van der Waals surface area contributed by atoms with Crippen LogP contribution in [0.4, 0.5) is 0 Å². The van der Waals surface area contributed by atoms with Gasteiger partial charge in [-0.25, -0.2) is 4.98 Å². The van der Waals surface area contributed by atoms with Crippen molar-refractivity contribution in [3.8, 4) is 0 Å². The fraction of sp³-hybridized carbons (Fsp3) is 0.764. The third-order valence-corrected chi connectivity index (χ3v) is 14.8. The normalized spacial score (nSPS) is 19.4. The Morgan fingerprint density at radius 1 is 0.444 bits per heavy atom. The maximum Gasteiger partial charge on any atom is 0.254 e. The van der Waals surface area contributed by atoms with Gasteiger partial charge in [-0.2, -0.15) is 0 Å². The third-order valence-electron chi connectivity index (χ3n) is 14.8. The second kappa shape index (κ2) is 27.8. The lowest BCUT2D eigenvalue weighted by Crippen LogP contribution is -2.39. The number of H-pyrrole nitrogens is 1. The van der Waals surface area contributed by atoms with Gasteiger partial charge in [0.05, 0.1) is 11.4 Å². The van der Waals surface area contributed by atoms with E-state index in [4.69, 9.17) is 4.99 Å². The number of hydrogen-bond donors (Lipinski definition) is 4. The van der Waals surface area contributed by atoms with Crippen molar-refractivity contribution in [2.45, 2.75) is 318 Å². The maximum atomic E-state index is 12.4. The van der Waals surface area contributed by atoms with Gasteiger partial charge >= 0.3 is 0 Å². The number of aryl methyl sites for hydroxylation is 1. The van der Waals surface area contributed by atoms with Gasteiger partial charge in [0.15, 0.2) is 11.6 Å². The van der Waals surface area contributed by atoms with Crippen LogP contribution in [0.1, 0.15) is 305 Å². The van der Waals surface area contributed by atoms with Gasteiger partial charge in [0.2, 0.25) is 0 Å². The van der Waals surface area contributed by atoms with Crippen molar-refractivity contribution in [2.24, 2.45) is 48.3 Å². The Kier molecular flexibility index (Phi) is 26.4. The Labute approximate surface area is 500 Å². The van der Waals surface area contributed by atoms with Crippen molar-refractivity contribution in [3.05, 3.63) is 84.3 Å². The molecule has 5 heterocycles. The monoisotopic (exact) mass is 1130 g/mol. The van der Waals surface area contributed by atoms with E-state index in [-0.39, 0.29) is 67.5 Å². The van der Waals surface area contributed by atoms with E-state index in [0.717, 1.165) is 58.8 Å². The molecule has 81 heavy (non-hydrogen) atoms. The maximum absolute atomic E-state index is 12.4. The predicted octanol–water partition coefficient (Wildman–Crippen LogP) is 19.5. The lowest BCUT2D eigenvalue weighted by molar-refractivity contribution is -0.117. The van der Waals surface area contributed by atoms with E-state index in [1.807, 2.05) is 34.6 Å². The zero-order valence-corrected chi connectivity index (χ0v) is 58.8. The van der Waals surface area contributed by atoms with Crippen molar-refractivity contribution in [2.75, 3.05) is 0 Å². The van der Waals surface area contributed by atoms with Crippen LogP contribution in [-0.4, -0.2) is 39.3 Å². The van der Waals surface area contributed by atoms with Gasteiger partial charge in [0, 0.05) is 97.2 Å². The molecule has 4 N–H and O–H groups in total. The number of nitrogens with one attached hydrogen (secondary N) is 4. The summed E-state index contributed by atoms with van der Waals surface area (Å²) in [6.07, 6.45) is 8.89. The number of allylic oxidation sites excluding steroid dienone is 10. The second-order valence-corrected chi connectivity index (χ2v) is 34.1. The standard InChI is InChI=1S/C15H27NO.C15H25NO.C14H27N.C14H25N.C13H22N2O.CH4/c2*1-10-8-9-11(17)12(14(2,3)4)13(16-10)15(5,6)7;2*1-10-8-9-11(13(2,3)4)12(15-10)14(5,6)7;1-8-14-10(13(5,6)7)9(11(16)15-8)12(2,3)4;/h10,16H,8-9H2,1-7H3;8-9H2,1-7H3;10,15H,8-9H2,1-7H3;8,15H,9H2,1-7H3;1-7H3,(H,14,15,16);1H4. The number of dihydropyridines is 1. The molecule has 0 saturated heterocycles. The molecule has 2 atom stereocenters. The molecular formula is C72H130N6O3. The molecule has 2 unspecified atom stereocenters. The van der Waals surface area contributed by atoms with Crippen LogP contribution >= 0.6 is 0 Å². The Balaban J connectivity index is 0.000000986. The van der Waals surface area contributed by atoms with Crippen LogP contribution in [0.3, 0.4) is 0 Å². The van der Waals surface area contributed by atoms with Gasteiger partial charge < -0.3 is 20.9 Å². The van der Waals surface area contributed by atoms with Gasteiger partial charge in [0.1, 0.15) is 5.82 Å². The number of carbonyl (C=O) groups excluding carboxylic acids is 2. The number of aromatic nitrogens is 2. The smallest absolute Gasteiger partial charge is 0.254 e. The zero-order valence-electron chi connectivity index (χ0n) is 58.8. The van der Waals surface area contributed by atoms with Crippen LogP contribution < -0.4 is 21.5 Å². The van der Waals surface area contributed by atoms with E-state index in [0.29, 0.717) is 41.9 Å². The van der Waals surface area contributed by atoms with Gasteiger partial charge in [-0.3, -0.25) is 19.4 Å². The second-order valence-electron chi connectivity index (χ2n) is 34.1. The summed E-state index contributed by atoms with van der Waals surface area (Å²) >= 11 is 0. The average molecular weight is 1130 g/mol. The molecule has 0 fully saturated rings. The highest BCUT2D eigenvalue weighted by Crippen LogP contribution is 2.43. The SMILES string of the molecule is C.CC1=CCC(C(C)(C)C)=C(C(C)(C)C)N1.CC1=NC(C(C)(C)C)=C(C(C)(C)C)C(=O)CC1.CC1CCC(=O)C(C(C)(C)C)=C(C(C)(C)C)N1.CC1CCC(C(C)(C)C)=C(C(C)(C)C)N1.Cc1nc(C(C)(C)C)c(C(C)(C)C)c(=O)[nH]1. The molecule has 4 aliphatic rings. The summed E-state index contributed by atoms with van der Waals surface area (Å²) in [6, 6.07) is 1.01. The summed E-state index contributed by atoms with van der Waals surface area (Å²) in [6.45, 7) is 76.0. The quantitative estimate of drug-likeness (QED) is 0.204. The van der Waals surface area contributed by atoms with E-state index in [1.165, 1.54) is 29.9 Å². The lowest BCUT2D eigenvalue weighted by atomic mass is 9.74. The molecule has 9 nitrogen and oxygen atoms in total. The third kappa shape index (κ3) is 23.9. The fourth-order valence-electron chi connectivity index (χ4n) is 10.7. The number of hydrogen-bond acceptors (Lipinski definition) is 8. The highest BCUT2D eigenvalue weighted by Gasteiger charge is 2.37. The molecule has 0 amide bonds. The highest BCUT2D eigenvalue weighted by molar-refractivity contribution is 6.02. The first kappa shape index (κ1) is 77.0. The molecule has 0 aromatic carbocycles. The summed E-state index contributed by atoms with van der Waals surface area (Å²) in [7, 11) is 0. The number of carbonyl (C=O) groups is 2. The van der Waals surface area contributed by atoms with Gasteiger partial charge in [0.25, 0.3) is 5.56 Å². The van der Waals surface area contributed by atoms with Crippen LogP contribution in [0.2, 0.25) is 0 Å². The molecule has 5 rings (SSSR count). The summed E-state index contributed by atoms with van der Waals surface area (Å²) in [5, 5.41) is 10.8. The Morgan fingerprint density at radius 3 is 1.25 bits per heavy atom. The topological polar surface area (TPSA) is 128 Å². The van der Waals surface area contributed by atoms with E-state index in [2.05, 4.69) is 240 Å². The van der Waals surface area contributed by atoms with Crippen LogP contribution in [0.15, 0.2) is 66.6 Å². The largest absolute Gasteiger partial charge is 0.385 e. The van der Waals surface area contributed by atoms with Crippen LogP contribution in [0.5, 0.6) is 0 Å². The highest BCUT2D eigenvalue weighted by atomic mass is 16.1. The number of nitrogens with zero attached hydrogens (tertiary/aromatic N) is 2. The van der Waals surface area contributed by atoms with Crippen LogP contribution in [0, 0.1) is 50.2 Å². The minimum atomic E-state index is -0.184. The summed E-state index contributed by atoms with van der Waals surface area (Å²) < 4.78 is 0. The lowest BCUT2D eigenvalue weighted by Gasteiger charge is -2.39. The first-order valence-electron chi connectivity index (χ1n) is 30.5. The van der Waals surface area contributed by atoms with Crippen LogP contribution in [-0.2, 0) is 20.4 Å². The molecule has 4 aliphatic heterocycles. The van der Waals surface area contributed by atoms with Crippen molar-refractivity contribution in [3.63, 3.8) is 0 Å². The number of ketones is 2.